The van der Waals surface area contributed by atoms with E-state index in [4.69, 9.17) is 4.74 Å². The van der Waals surface area contributed by atoms with Crippen molar-refractivity contribution in [2.75, 3.05) is 13.2 Å². The number of nitrogens with one attached hydrogen (secondary N) is 1. The Bertz CT molecular complexity index is 1070. The van der Waals surface area contributed by atoms with Crippen LogP contribution in [0.3, 0.4) is 0 Å². The molecular weight excluding hydrogens is 431 g/mol. The lowest BCUT2D eigenvalue weighted by molar-refractivity contribution is -0.142. The molecule has 0 saturated heterocycles. The van der Waals surface area contributed by atoms with Crippen molar-refractivity contribution in [2.45, 2.75) is 39.3 Å². The van der Waals surface area contributed by atoms with Crippen LogP contribution in [0.25, 0.3) is 0 Å². The third-order valence-electron chi connectivity index (χ3n) is 5.60. The summed E-state index contributed by atoms with van der Waals surface area (Å²) in [5.41, 5.74) is 2.95. The first-order valence-corrected chi connectivity index (χ1v) is 11.5. The van der Waals surface area contributed by atoms with Gasteiger partial charge in [0.05, 0.1) is 0 Å². The Morgan fingerprint density at radius 2 is 1.65 bits per heavy atom. The summed E-state index contributed by atoms with van der Waals surface area (Å²) < 4.78 is 18.9. The van der Waals surface area contributed by atoms with Crippen molar-refractivity contribution in [2.24, 2.45) is 0 Å². The van der Waals surface area contributed by atoms with Gasteiger partial charge in [-0.2, -0.15) is 0 Å². The molecule has 0 heterocycles. The second-order valence-electron chi connectivity index (χ2n) is 8.19. The zero-order chi connectivity index (χ0) is 24.3. The number of benzene rings is 3. The maximum Gasteiger partial charge on any atom is 0.261 e. The van der Waals surface area contributed by atoms with Gasteiger partial charge >= 0.3 is 0 Å². The summed E-state index contributed by atoms with van der Waals surface area (Å²) in [7, 11) is 0. The van der Waals surface area contributed by atoms with Crippen molar-refractivity contribution in [1.82, 2.24) is 10.2 Å². The van der Waals surface area contributed by atoms with Gasteiger partial charge in [0.15, 0.2) is 6.61 Å². The molecule has 0 bridgehead atoms. The van der Waals surface area contributed by atoms with E-state index >= 15 is 0 Å². The molecule has 3 aromatic rings. The van der Waals surface area contributed by atoms with E-state index in [1.54, 1.807) is 4.90 Å². The first kappa shape index (κ1) is 25.0. The van der Waals surface area contributed by atoms with E-state index in [0.29, 0.717) is 18.7 Å². The molecule has 3 rings (SSSR count). The second kappa shape index (κ2) is 12.5. The lowest BCUT2D eigenvalue weighted by atomic mass is 10.0. The van der Waals surface area contributed by atoms with Gasteiger partial charge in [0, 0.05) is 19.5 Å². The number of aryl methyl sites for hydroxylation is 1. The Balaban J connectivity index is 1.89. The predicted molar refractivity (Wildman–Crippen MR) is 131 cm³/mol. The SMILES string of the molecule is CCCNC(=O)[C@H](Cc1ccccc1)N(Cc1ccccc1C)C(=O)COc1ccc(F)cc1. The summed E-state index contributed by atoms with van der Waals surface area (Å²) in [6, 6.07) is 22.3. The molecule has 5 nitrogen and oxygen atoms in total. The van der Waals surface area contributed by atoms with Gasteiger partial charge in [-0.05, 0) is 54.3 Å². The molecule has 0 aliphatic heterocycles. The number of hydrogen-bond donors (Lipinski definition) is 1. The largest absolute Gasteiger partial charge is 0.484 e. The van der Waals surface area contributed by atoms with E-state index in [-0.39, 0.29) is 30.8 Å². The first-order valence-electron chi connectivity index (χ1n) is 11.5. The van der Waals surface area contributed by atoms with E-state index in [1.807, 2.05) is 68.4 Å². The van der Waals surface area contributed by atoms with E-state index in [9.17, 15) is 14.0 Å². The van der Waals surface area contributed by atoms with Crippen molar-refractivity contribution < 1.29 is 18.7 Å². The molecule has 6 heteroatoms. The Kier molecular flexibility index (Phi) is 9.21. The number of ether oxygens (including phenoxy) is 1. The third kappa shape index (κ3) is 7.17. The summed E-state index contributed by atoms with van der Waals surface area (Å²) in [4.78, 5) is 28.3. The normalized spacial score (nSPS) is 11.5. The van der Waals surface area contributed by atoms with Crippen LogP contribution in [-0.4, -0.2) is 35.9 Å². The highest BCUT2D eigenvalue weighted by Crippen LogP contribution is 2.18. The Morgan fingerprint density at radius 1 is 0.971 bits per heavy atom. The number of carbonyl (C=O) groups excluding carboxylic acids is 2. The fourth-order valence-electron chi connectivity index (χ4n) is 3.65. The Labute approximate surface area is 200 Å². The van der Waals surface area contributed by atoms with Crippen LogP contribution in [0, 0.1) is 12.7 Å². The molecule has 34 heavy (non-hydrogen) atoms. The van der Waals surface area contributed by atoms with Crippen molar-refractivity contribution in [3.8, 4) is 5.75 Å². The van der Waals surface area contributed by atoms with Gasteiger partial charge in [-0.25, -0.2) is 4.39 Å². The van der Waals surface area contributed by atoms with Crippen LogP contribution in [0.4, 0.5) is 4.39 Å². The Morgan fingerprint density at radius 3 is 2.32 bits per heavy atom. The Hall–Kier alpha value is -3.67. The van der Waals surface area contributed by atoms with E-state index in [1.165, 1.54) is 24.3 Å². The number of halogens is 1. The van der Waals surface area contributed by atoms with Crippen LogP contribution in [-0.2, 0) is 22.6 Å². The van der Waals surface area contributed by atoms with Gasteiger partial charge < -0.3 is 15.0 Å². The third-order valence-corrected chi connectivity index (χ3v) is 5.60. The molecule has 3 aromatic carbocycles. The topological polar surface area (TPSA) is 58.6 Å². The van der Waals surface area contributed by atoms with E-state index < -0.39 is 6.04 Å². The molecule has 0 fully saturated rings. The summed E-state index contributed by atoms with van der Waals surface area (Å²) in [5.74, 6) is -0.509. The number of amides is 2. The van der Waals surface area contributed by atoms with Crippen molar-refractivity contribution in [3.63, 3.8) is 0 Å². The summed E-state index contributed by atoms with van der Waals surface area (Å²) in [6.45, 7) is 4.51. The maximum absolute atomic E-state index is 13.5. The minimum absolute atomic E-state index is 0.200. The molecule has 0 aliphatic carbocycles. The molecule has 1 atom stereocenters. The number of carbonyl (C=O) groups is 2. The van der Waals surface area contributed by atoms with Gasteiger partial charge in [0.25, 0.3) is 5.91 Å². The fourth-order valence-corrected chi connectivity index (χ4v) is 3.65. The number of nitrogens with zero attached hydrogens (tertiary/aromatic N) is 1. The number of hydrogen-bond acceptors (Lipinski definition) is 3. The lowest BCUT2D eigenvalue weighted by Gasteiger charge is -2.32. The monoisotopic (exact) mass is 462 g/mol. The highest BCUT2D eigenvalue weighted by Gasteiger charge is 2.30. The zero-order valence-electron chi connectivity index (χ0n) is 19.7. The molecule has 0 aromatic heterocycles. The quantitative estimate of drug-likeness (QED) is 0.450. The van der Waals surface area contributed by atoms with Gasteiger partial charge in [-0.3, -0.25) is 9.59 Å². The van der Waals surface area contributed by atoms with Gasteiger partial charge in [0.2, 0.25) is 5.91 Å². The van der Waals surface area contributed by atoms with Crippen LogP contribution in [0.5, 0.6) is 5.75 Å². The highest BCUT2D eigenvalue weighted by atomic mass is 19.1. The number of rotatable bonds is 11. The minimum Gasteiger partial charge on any atom is -0.484 e. The van der Waals surface area contributed by atoms with Gasteiger partial charge in [-0.15, -0.1) is 0 Å². The molecule has 0 saturated carbocycles. The van der Waals surface area contributed by atoms with Gasteiger partial charge in [0.1, 0.15) is 17.6 Å². The van der Waals surface area contributed by atoms with Crippen LogP contribution < -0.4 is 10.1 Å². The molecular formula is C28H31FN2O3. The average Bonchev–Trinajstić information content (AvgIpc) is 2.85. The standard InChI is InChI=1S/C28H31FN2O3/c1-3-17-30-28(33)26(18-22-10-5-4-6-11-22)31(19-23-12-8-7-9-21(23)2)27(32)20-34-25-15-13-24(29)14-16-25/h4-16,26H,3,17-20H2,1-2H3,(H,30,33)/t26-/m0/s1. The van der Waals surface area contributed by atoms with Crippen LogP contribution >= 0.6 is 0 Å². The van der Waals surface area contributed by atoms with Crippen LogP contribution in [0.15, 0.2) is 78.9 Å². The fraction of sp³-hybridized carbons (Fsp3) is 0.286. The predicted octanol–water partition coefficient (Wildman–Crippen LogP) is 4.68. The van der Waals surface area contributed by atoms with Crippen LogP contribution in [0.1, 0.15) is 30.0 Å². The second-order valence-corrected chi connectivity index (χ2v) is 8.19. The minimum atomic E-state index is -0.710. The molecule has 0 aliphatic rings. The maximum atomic E-state index is 13.5. The summed E-state index contributed by atoms with van der Waals surface area (Å²) in [6.07, 6.45) is 1.17. The van der Waals surface area contributed by atoms with Gasteiger partial charge in [-0.1, -0.05) is 61.5 Å². The molecule has 2 amide bonds. The molecule has 0 unspecified atom stereocenters. The van der Waals surface area contributed by atoms with E-state index in [2.05, 4.69) is 5.32 Å². The first-order chi connectivity index (χ1) is 16.5. The zero-order valence-corrected chi connectivity index (χ0v) is 19.7. The van der Waals surface area contributed by atoms with Crippen molar-refractivity contribution >= 4 is 11.8 Å². The highest BCUT2D eigenvalue weighted by molar-refractivity contribution is 5.88. The van der Waals surface area contributed by atoms with Crippen molar-refractivity contribution in [3.05, 3.63) is 101 Å². The average molecular weight is 463 g/mol. The van der Waals surface area contributed by atoms with Crippen molar-refractivity contribution in [1.29, 1.82) is 0 Å². The summed E-state index contributed by atoms with van der Waals surface area (Å²) in [5, 5.41) is 2.95. The lowest BCUT2D eigenvalue weighted by Crippen LogP contribution is -2.51. The smallest absolute Gasteiger partial charge is 0.261 e. The summed E-state index contributed by atoms with van der Waals surface area (Å²) >= 11 is 0. The molecule has 0 radical (unpaired) electrons. The molecule has 1 N–H and O–H groups in total. The van der Waals surface area contributed by atoms with Crippen LogP contribution in [0.2, 0.25) is 0 Å². The molecule has 178 valence electrons. The molecule has 0 spiro atoms. The van der Waals surface area contributed by atoms with E-state index in [0.717, 1.165) is 23.1 Å².